The third-order valence-corrected chi connectivity index (χ3v) is 3.78. The molecule has 1 saturated carbocycles. The number of carbonyl (C=O) groups excluding carboxylic acids is 1. The summed E-state index contributed by atoms with van der Waals surface area (Å²) in [5.41, 5.74) is 0.967. The van der Waals surface area contributed by atoms with Gasteiger partial charge in [-0.15, -0.1) is 0 Å². The molecule has 1 atom stereocenters. The van der Waals surface area contributed by atoms with E-state index in [-0.39, 0.29) is 11.8 Å². The number of carbonyl (C=O) groups is 1. The Bertz CT molecular complexity index is 472. The van der Waals surface area contributed by atoms with Crippen molar-refractivity contribution >= 4 is 11.9 Å². The number of rotatable bonds is 3. The Kier molecular flexibility index (Phi) is 3.36. The first kappa shape index (κ1) is 12.4. The lowest BCUT2D eigenvalue weighted by Gasteiger charge is -2.32. The normalized spacial score (nSPS) is 23.2. The molecule has 1 amide bonds. The van der Waals surface area contributed by atoms with Gasteiger partial charge in [-0.05, 0) is 38.7 Å². The highest BCUT2D eigenvalue weighted by Gasteiger charge is 2.31. The van der Waals surface area contributed by atoms with E-state index >= 15 is 0 Å². The predicted molar refractivity (Wildman–Crippen MR) is 72.9 cm³/mol. The average molecular weight is 260 g/mol. The molecule has 0 radical (unpaired) electrons. The fourth-order valence-corrected chi connectivity index (χ4v) is 2.51. The zero-order valence-corrected chi connectivity index (χ0v) is 11.3. The van der Waals surface area contributed by atoms with Gasteiger partial charge in [-0.25, -0.2) is 9.97 Å². The van der Waals surface area contributed by atoms with E-state index in [1.807, 2.05) is 13.0 Å². The van der Waals surface area contributed by atoms with Gasteiger partial charge in [-0.2, -0.15) is 0 Å². The van der Waals surface area contributed by atoms with Crippen LogP contribution in [-0.4, -0.2) is 35.0 Å². The molecule has 102 valence electrons. The molecule has 1 aromatic heterocycles. The largest absolute Gasteiger partial charge is 0.353 e. The standard InChI is InChI=1S/C14H20N4O/c1-10-6-7-15-14(16-10)18-8-2-3-11(9-18)13(19)17-12-4-5-12/h6-7,11-12H,2-5,8-9H2,1H3,(H,17,19)/t11-/m0/s1. The van der Waals surface area contributed by atoms with E-state index in [0.717, 1.165) is 50.4 Å². The summed E-state index contributed by atoms with van der Waals surface area (Å²) in [6.45, 7) is 3.64. The van der Waals surface area contributed by atoms with Gasteiger partial charge in [0.05, 0.1) is 5.92 Å². The van der Waals surface area contributed by atoms with E-state index in [2.05, 4.69) is 20.2 Å². The first-order valence-corrected chi connectivity index (χ1v) is 7.07. The van der Waals surface area contributed by atoms with Gasteiger partial charge in [-0.1, -0.05) is 0 Å². The maximum atomic E-state index is 12.1. The molecule has 0 spiro atoms. The highest BCUT2D eigenvalue weighted by molar-refractivity contribution is 5.80. The van der Waals surface area contributed by atoms with Crippen LogP contribution in [0, 0.1) is 12.8 Å². The molecule has 1 saturated heterocycles. The molecule has 1 aliphatic heterocycles. The summed E-state index contributed by atoms with van der Waals surface area (Å²) < 4.78 is 0. The Morgan fingerprint density at radius 3 is 3.00 bits per heavy atom. The maximum absolute atomic E-state index is 12.1. The summed E-state index contributed by atoms with van der Waals surface area (Å²) in [4.78, 5) is 23.0. The van der Waals surface area contributed by atoms with Crippen LogP contribution in [0.3, 0.4) is 0 Å². The predicted octanol–water partition coefficient (Wildman–Crippen LogP) is 1.28. The number of hydrogen-bond donors (Lipinski definition) is 1. The Morgan fingerprint density at radius 1 is 1.42 bits per heavy atom. The third kappa shape index (κ3) is 3.03. The van der Waals surface area contributed by atoms with E-state index in [9.17, 15) is 4.79 Å². The number of nitrogens with one attached hydrogen (secondary N) is 1. The van der Waals surface area contributed by atoms with Crippen LogP contribution in [0.2, 0.25) is 0 Å². The zero-order chi connectivity index (χ0) is 13.2. The van der Waals surface area contributed by atoms with Crippen LogP contribution in [0.1, 0.15) is 31.4 Å². The molecule has 5 nitrogen and oxygen atoms in total. The third-order valence-electron chi connectivity index (χ3n) is 3.78. The monoisotopic (exact) mass is 260 g/mol. The van der Waals surface area contributed by atoms with E-state index < -0.39 is 0 Å². The van der Waals surface area contributed by atoms with Crippen molar-refractivity contribution in [3.05, 3.63) is 18.0 Å². The van der Waals surface area contributed by atoms with E-state index in [1.54, 1.807) is 6.20 Å². The van der Waals surface area contributed by atoms with Crippen molar-refractivity contribution in [3.63, 3.8) is 0 Å². The summed E-state index contributed by atoms with van der Waals surface area (Å²) in [6.07, 6.45) is 6.07. The van der Waals surface area contributed by atoms with Gasteiger partial charge < -0.3 is 10.2 Å². The van der Waals surface area contributed by atoms with Gasteiger partial charge in [0.25, 0.3) is 0 Å². The molecule has 1 aromatic rings. The number of nitrogens with zero attached hydrogens (tertiary/aromatic N) is 3. The fourth-order valence-electron chi connectivity index (χ4n) is 2.51. The van der Waals surface area contributed by atoms with Gasteiger partial charge in [0.1, 0.15) is 0 Å². The molecule has 5 heteroatoms. The second kappa shape index (κ2) is 5.15. The Labute approximate surface area is 113 Å². The Hall–Kier alpha value is -1.65. The summed E-state index contributed by atoms with van der Waals surface area (Å²) in [7, 11) is 0. The highest BCUT2D eigenvalue weighted by Crippen LogP contribution is 2.23. The number of anilines is 1. The molecule has 0 bridgehead atoms. The quantitative estimate of drug-likeness (QED) is 0.889. The van der Waals surface area contributed by atoms with Crippen LogP contribution in [0.25, 0.3) is 0 Å². The number of amides is 1. The van der Waals surface area contributed by atoms with E-state index in [1.165, 1.54) is 0 Å². The molecule has 19 heavy (non-hydrogen) atoms. The van der Waals surface area contributed by atoms with Crippen molar-refractivity contribution in [3.8, 4) is 0 Å². The van der Waals surface area contributed by atoms with Crippen LogP contribution in [0.15, 0.2) is 12.3 Å². The molecular weight excluding hydrogens is 240 g/mol. The van der Waals surface area contributed by atoms with Gasteiger partial charge >= 0.3 is 0 Å². The van der Waals surface area contributed by atoms with Crippen molar-refractivity contribution in [2.24, 2.45) is 5.92 Å². The molecule has 2 fully saturated rings. The second-order valence-electron chi connectivity index (χ2n) is 5.57. The molecule has 2 aliphatic rings. The lowest BCUT2D eigenvalue weighted by molar-refractivity contribution is -0.125. The van der Waals surface area contributed by atoms with Crippen molar-refractivity contribution in [1.29, 1.82) is 0 Å². The van der Waals surface area contributed by atoms with Crippen LogP contribution in [0.5, 0.6) is 0 Å². The summed E-state index contributed by atoms with van der Waals surface area (Å²) >= 11 is 0. The van der Waals surface area contributed by atoms with Crippen molar-refractivity contribution < 1.29 is 4.79 Å². The minimum atomic E-state index is 0.0819. The highest BCUT2D eigenvalue weighted by atomic mass is 16.2. The first-order valence-electron chi connectivity index (χ1n) is 7.07. The molecule has 0 aromatic carbocycles. The van der Waals surface area contributed by atoms with Crippen molar-refractivity contribution in [1.82, 2.24) is 15.3 Å². The number of piperidine rings is 1. The van der Waals surface area contributed by atoms with Crippen molar-refractivity contribution in [2.45, 2.75) is 38.6 Å². The first-order chi connectivity index (χ1) is 9.22. The number of aryl methyl sites for hydroxylation is 1. The SMILES string of the molecule is Cc1ccnc(N2CCC[C@H](C(=O)NC3CC3)C2)n1. The van der Waals surface area contributed by atoms with Gasteiger partial charge in [0.15, 0.2) is 0 Å². The fraction of sp³-hybridized carbons (Fsp3) is 0.643. The molecule has 1 N–H and O–H groups in total. The van der Waals surface area contributed by atoms with Crippen molar-refractivity contribution in [2.75, 3.05) is 18.0 Å². The smallest absolute Gasteiger partial charge is 0.225 e. The van der Waals surface area contributed by atoms with Crippen LogP contribution in [0.4, 0.5) is 5.95 Å². The molecule has 3 rings (SSSR count). The summed E-state index contributed by atoms with van der Waals surface area (Å²) in [6, 6.07) is 2.34. The Balaban J connectivity index is 1.65. The van der Waals surface area contributed by atoms with Crippen LogP contribution < -0.4 is 10.2 Å². The zero-order valence-electron chi connectivity index (χ0n) is 11.3. The van der Waals surface area contributed by atoms with Gasteiger partial charge in [-0.3, -0.25) is 4.79 Å². The molecule has 2 heterocycles. The van der Waals surface area contributed by atoms with Gasteiger partial charge in [0, 0.05) is 31.0 Å². The topological polar surface area (TPSA) is 58.1 Å². The van der Waals surface area contributed by atoms with E-state index in [4.69, 9.17) is 0 Å². The van der Waals surface area contributed by atoms with Gasteiger partial charge in [0.2, 0.25) is 11.9 Å². The minimum absolute atomic E-state index is 0.0819. The number of aromatic nitrogens is 2. The van der Waals surface area contributed by atoms with Crippen LogP contribution in [-0.2, 0) is 4.79 Å². The molecule has 1 aliphatic carbocycles. The second-order valence-corrected chi connectivity index (χ2v) is 5.57. The maximum Gasteiger partial charge on any atom is 0.225 e. The van der Waals surface area contributed by atoms with E-state index in [0.29, 0.717) is 6.04 Å². The lowest BCUT2D eigenvalue weighted by atomic mass is 9.97. The summed E-state index contributed by atoms with van der Waals surface area (Å²) in [5.74, 6) is 1.04. The summed E-state index contributed by atoms with van der Waals surface area (Å²) in [5, 5.41) is 3.10. The Morgan fingerprint density at radius 2 is 2.26 bits per heavy atom. The average Bonchev–Trinajstić information content (AvgIpc) is 3.23. The lowest BCUT2D eigenvalue weighted by Crippen LogP contribution is -2.44. The minimum Gasteiger partial charge on any atom is -0.353 e. The van der Waals surface area contributed by atoms with Crippen LogP contribution >= 0.6 is 0 Å². The molecular formula is C14H20N4O. The number of hydrogen-bond acceptors (Lipinski definition) is 4. The molecule has 0 unspecified atom stereocenters.